The second-order valence-electron chi connectivity index (χ2n) is 8.11. The number of nitrogens with one attached hydrogen (secondary N) is 1. The first-order valence-electron chi connectivity index (χ1n) is 11.6. The maximum atomic E-state index is 13.6. The van der Waals surface area contributed by atoms with Crippen molar-refractivity contribution >= 4 is 38.8 Å². The fourth-order valence-electron chi connectivity index (χ4n) is 3.95. The highest BCUT2D eigenvalue weighted by Crippen LogP contribution is 2.38. The van der Waals surface area contributed by atoms with Crippen molar-refractivity contribution in [2.75, 3.05) is 38.5 Å². The number of rotatable bonds is 9. The molecule has 0 saturated carbocycles. The number of hydrogen-bond acceptors (Lipinski definition) is 5. The number of para-hydroxylation sites is 2. The van der Waals surface area contributed by atoms with Crippen molar-refractivity contribution in [1.82, 2.24) is 14.4 Å². The lowest BCUT2D eigenvalue weighted by Crippen LogP contribution is -2.36. The molecule has 1 N–H and O–H groups in total. The minimum Gasteiger partial charge on any atom is -0.354 e. The van der Waals surface area contributed by atoms with Gasteiger partial charge in [0.15, 0.2) is 0 Å². The predicted molar refractivity (Wildman–Crippen MR) is 142 cm³/mol. The normalized spacial score (nSPS) is 11.2. The molecule has 7 heteroatoms. The lowest BCUT2D eigenvalue weighted by Gasteiger charge is -2.23. The minimum atomic E-state index is -0.125. The highest BCUT2D eigenvalue weighted by Gasteiger charge is 2.24. The molecule has 0 atom stereocenters. The Labute approximate surface area is 204 Å². The summed E-state index contributed by atoms with van der Waals surface area (Å²) >= 11 is 1.36. The van der Waals surface area contributed by atoms with Gasteiger partial charge in [-0.1, -0.05) is 50.2 Å². The molecule has 1 amide bonds. The number of fused-ring (bicyclic) bond motifs is 1. The molecule has 0 bridgehead atoms. The average Bonchev–Trinajstić information content (AvgIpc) is 3.23. The molecule has 2 aromatic heterocycles. The van der Waals surface area contributed by atoms with Gasteiger partial charge < -0.3 is 15.1 Å². The van der Waals surface area contributed by atoms with E-state index in [1.54, 1.807) is 15.5 Å². The smallest absolute Gasteiger partial charge is 0.265 e. The zero-order valence-corrected chi connectivity index (χ0v) is 20.6. The van der Waals surface area contributed by atoms with Crippen molar-refractivity contribution in [3.63, 3.8) is 0 Å². The van der Waals surface area contributed by atoms with Crippen molar-refractivity contribution in [2.24, 2.45) is 0 Å². The number of likely N-dealkylation sites (N-methyl/N-ethyl adjacent to an activating group) is 2. The van der Waals surface area contributed by atoms with E-state index in [0.717, 1.165) is 46.9 Å². The van der Waals surface area contributed by atoms with Gasteiger partial charge in [-0.3, -0.25) is 14.2 Å². The minimum absolute atomic E-state index is 0.0566. The van der Waals surface area contributed by atoms with Crippen molar-refractivity contribution in [1.29, 1.82) is 0 Å². The van der Waals surface area contributed by atoms with Gasteiger partial charge in [-0.15, -0.1) is 11.3 Å². The number of hydrogen-bond donors (Lipinski definition) is 1. The Balaban J connectivity index is 1.82. The SMILES string of the molecule is CCN(CC)CCN(C)C(=O)c1sc2c(ccc(=O)n2-c2ccccc2)c1Nc1ccccc1. The number of benzene rings is 2. The molecule has 176 valence electrons. The Hall–Kier alpha value is -3.42. The zero-order chi connectivity index (χ0) is 24.1. The molecule has 0 radical (unpaired) electrons. The summed E-state index contributed by atoms with van der Waals surface area (Å²) in [6, 6.07) is 22.7. The van der Waals surface area contributed by atoms with Gasteiger partial charge in [-0.2, -0.15) is 0 Å². The van der Waals surface area contributed by atoms with E-state index >= 15 is 0 Å². The topological polar surface area (TPSA) is 57.6 Å². The van der Waals surface area contributed by atoms with Crippen molar-refractivity contribution in [3.05, 3.63) is 88.0 Å². The predicted octanol–water partition coefficient (Wildman–Crippen LogP) is 5.21. The maximum Gasteiger partial charge on any atom is 0.265 e. The van der Waals surface area contributed by atoms with Crippen LogP contribution in [-0.2, 0) is 0 Å². The first-order chi connectivity index (χ1) is 16.5. The van der Waals surface area contributed by atoms with Gasteiger partial charge in [0, 0.05) is 37.3 Å². The van der Waals surface area contributed by atoms with Crippen LogP contribution in [0.25, 0.3) is 15.9 Å². The second-order valence-corrected chi connectivity index (χ2v) is 9.11. The highest BCUT2D eigenvalue weighted by molar-refractivity contribution is 7.21. The summed E-state index contributed by atoms with van der Waals surface area (Å²) in [6.45, 7) is 7.60. The number of aromatic nitrogens is 1. The van der Waals surface area contributed by atoms with E-state index in [1.807, 2.05) is 73.8 Å². The summed E-state index contributed by atoms with van der Waals surface area (Å²) in [5.74, 6) is -0.0566. The zero-order valence-electron chi connectivity index (χ0n) is 19.8. The Kier molecular flexibility index (Phi) is 7.45. The van der Waals surface area contributed by atoms with Crippen LogP contribution in [0.4, 0.5) is 11.4 Å². The fraction of sp³-hybridized carbons (Fsp3) is 0.259. The molecule has 0 fully saturated rings. The lowest BCUT2D eigenvalue weighted by atomic mass is 10.2. The van der Waals surface area contributed by atoms with Crippen LogP contribution in [0.1, 0.15) is 23.5 Å². The van der Waals surface area contributed by atoms with E-state index in [0.29, 0.717) is 11.4 Å². The molecule has 0 spiro atoms. The molecular weight excluding hydrogens is 444 g/mol. The number of anilines is 2. The van der Waals surface area contributed by atoms with Crippen LogP contribution in [0.2, 0.25) is 0 Å². The maximum absolute atomic E-state index is 13.6. The third-order valence-electron chi connectivity index (χ3n) is 5.99. The Morgan fingerprint density at radius 3 is 2.21 bits per heavy atom. The summed E-state index contributed by atoms with van der Waals surface area (Å²) in [6.07, 6.45) is 0. The number of pyridine rings is 1. The number of carbonyl (C=O) groups is 1. The summed E-state index contributed by atoms with van der Waals surface area (Å²) in [5, 5.41) is 4.30. The van der Waals surface area contributed by atoms with Gasteiger partial charge in [0.05, 0.1) is 11.4 Å². The molecule has 0 aliphatic carbocycles. The van der Waals surface area contributed by atoms with Gasteiger partial charge in [0.25, 0.3) is 11.5 Å². The number of carbonyl (C=O) groups excluding carboxylic acids is 1. The van der Waals surface area contributed by atoms with Crippen LogP contribution in [0.3, 0.4) is 0 Å². The van der Waals surface area contributed by atoms with Crippen molar-refractivity contribution in [2.45, 2.75) is 13.8 Å². The molecule has 0 saturated heterocycles. The van der Waals surface area contributed by atoms with Crippen LogP contribution in [0.5, 0.6) is 0 Å². The number of thiophene rings is 1. The number of nitrogens with zero attached hydrogens (tertiary/aromatic N) is 3. The van der Waals surface area contributed by atoms with Crippen LogP contribution < -0.4 is 10.9 Å². The van der Waals surface area contributed by atoms with Gasteiger partial charge >= 0.3 is 0 Å². The van der Waals surface area contributed by atoms with Crippen LogP contribution in [0, 0.1) is 0 Å². The monoisotopic (exact) mass is 474 g/mol. The van der Waals surface area contributed by atoms with E-state index in [2.05, 4.69) is 24.1 Å². The van der Waals surface area contributed by atoms with Gasteiger partial charge in [-0.05, 0) is 43.4 Å². The average molecular weight is 475 g/mol. The Morgan fingerprint density at radius 2 is 1.56 bits per heavy atom. The molecule has 0 aliphatic heterocycles. The van der Waals surface area contributed by atoms with E-state index in [1.165, 1.54) is 11.3 Å². The van der Waals surface area contributed by atoms with Crippen molar-refractivity contribution < 1.29 is 4.79 Å². The van der Waals surface area contributed by atoms with E-state index in [9.17, 15) is 9.59 Å². The molecular formula is C27H30N4O2S. The standard InChI is InChI=1S/C27H30N4O2S/c1-4-30(5-2)19-18-29(3)26(33)25-24(28-20-12-8-6-9-13-20)22-16-17-23(32)31(27(22)34-25)21-14-10-7-11-15-21/h6-17,28H,4-5,18-19H2,1-3H3. The highest BCUT2D eigenvalue weighted by atomic mass is 32.1. The van der Waals surface area contributed by atoms with Gasteiger partial charge in [-0.25, -0.2) is 0 Å². The van der Waals surface area contributed by atoms with Gasteiger partial charge in [0.1, 0.15) is 9.71 Å². The summed E-state index contributed by atoms with van der Waals surface area (Å²) in [4.78, 5) is 32.0. The second kappa shape index (κ2) is 10.7. The van der Waals surface area contributed by atoms with Crippen LogP contribution in [0.15, 0.2) is 77.6 Å². The first kappa shape index (κ1) is 23.7. The summed E-state index contributed by atoms with van der Waals surface area (Å²) in [7, 11) is 1.84. The Morgan fingerprint density at radius 1 is 0.912 bits per heavy atom. The summed E-state index contributed by atoms with van der Waals surface area (Å²) in [5.41, 5.74) is 2.27. The lowest BCUT2D eigenvalue weighted by molar-refractivity contribution is 0.0785. The third-order valence-corrected chi connectivity index (χ3v) is 7.16. The fourth-order valence-corrected chi connectivity index (χ4v) is 5.22. The van der Waals surface area contributed by atoms with E-state index in [4.69, 9.17) is 0 Å². The van der Waals surface area contributed by atoms with Crippen LogP contribution in [-0.4, -0.2) is 53.5 Å². The molecule has 4 aromatic rings. The molecule has 2 heterocycles. The first-order valence-corrected chi connectivity index (χ1v) is 12.4. The molecule has 4 rings (SSSR count). The molecule has 2 aromatic carbocycles. The quantitative estimate of drug-likeness (QED) is 0.362. The third kappa shape index (κ3) is 4.90. The molecule has 6 nitrogen and oxygen atoms in total. The largest absolute Gasteiger partial charge is 0.354 e. The van der Waals surface area contributed by atoms with E-state index < -0.39 is 0 Å². The van der Waals surface area contributed by atoms with Crippen LogP contribution >= 0.6 is 11.3 Å². The molecule has 0 aliphatic rings. The molecule has 0 unspecified atom stereocenters. The van der Waals surface area contributed by atoms with Crippen molar-refractivity contribution in [3.8, 4) is 5.69 Å². The summed E-state index contributed by atoms with van der Waals surface area (Å²) < 4.78 is 1.68. The Bertz CT molecular complexity index is 1310. The number of amides is 1. The van der Waals surface area contributed by atoms with Gasteiger partial charge in [0.2, 0.25) is 0 Å². The van der Waals surface area contributed by atoms with E-state index in [-0.39, 0.29) is 11.5 Å². The molecule has 34 heavy (non-hydrogen) atoms.